The number of imidazole rings is 1. The third-order valence-electron chi connectivity index (χ3n) is 4.55. The highest BCUT2D eigenvalue weighted by molar-refractivity contribution is 5.07. The van der Waals surface area contributed by atoms with Crippen LogP contribution >= 0.6 is 0 Å². The maximum atomic E-state index is 4.36. The zero-order valence-electron chi connectivity index (χ0n) is 12.2. The monoisotopic (exact) mass is 249 g/mol. The van der Waals surface area contributed by atoms with E-state index in [1.807, 2.05) is 12.5 Å². The molecule has 0 aromatic carbocycles. The third kappa shape index (κ3) is 2.94. The van der Waals surface area contributed by atoms with Gasteiger partial charge in [-0.15, -0.1) is 0 Å². The summed E-state index contributed by atoms with van der Waals surface area (Å²) in [5, 5.41) is 3.62. The van der Waals surface area contributed by atoms with Crippen LogP contribution in [-0.2, 0) is 6.54 Å². The van der Waals surface area contributed by atoms with Crippen LogP contribution < -0.4 is 5.32 Å². The number of nitrogens with zero attached hydrogens (tertiary/aromatic N) is 2. The fourth-order valence-corrected chi connectivity index (χ4v) is 2.48. The van der Waals surface area contributed by atoms with Crippen molar-refractivity contribution in [2.75, 3.05) is 6.54 Å². The van der Waals surface area contributed by atoms with Crippen molar-refractivity contribution in [1.29, 1.82) is 0 Å². The molecule has 1 fully saturated rings. The first kappa shape index (κ1) is 13.6. The number of nitrogens with one attached hydrogen (secondary N) is 1. The van der Waals surface area contributed by atoms with Gasteiger partial charge in [-0.05, 0) is 30.7 Å². The minimum atomic E-state index is 0.310. The molecule has 1 aliphatic rings. The lowest BCUT2D eigenvalue weighted by atomic mass is 9.81. The average molecular weight is 249 g/mol. The summed E-state index contributed by atoms with van der Waals surface area (Å²) in [5.74, 6) is 0.673. The van der Waals surface area contributed by atoms with Crippen molar-refractivity contribution in [3.05, 3.63) is 18.2 Å². The van der Waals surface area contributed by atoms with Crippen molar-refractivity contribution in [3.8, 4) is 0 Å². The first-order chi connectivity index (χ1) is 8.50. The quantitative estimate of drug-likeness (QED) is 0.886. The number of hydrogen-bond acceptors (Lipinski definition) is 2. The predicted octanol–water partition coefficient (Wildman–Crippen LogP) is 3.38. The molecule has 0 aliphatic carbocycles. The van der Waals surface area contributed by atoms with Gasteiger partial charge in [0.2, 0.25) is 0 Å². The van der Waals surface area contributed by atoms with E-state index >= 15 is 0 Å². The van der Waals surface area contributed by atoms with Gasteiger partial charge >= 0.3 is 0 Å². The van der Waals surface area contributed by atoms with Gasteiger partial charge in [0.05, 0.1) is 12.0 Å². The molecule has 3 heteroatoms. The molecule has 2 rings (SSSR count). The zero-order valence-corrected chi connectivity index (χ0v) is 12.2. The average Bonchev–Trinajstić information content (AvgIpc) is 2.77. The van der Waals surface area contributed by atoms with Crippen LogP contribution in [0.3, 0.4) is 0 Å². The molecule has 1 N–H and O–H groups in total. The van der Waals surface area contributed by atoms with Gasteiger partial charge in [-0.25, -0.2) is 4.98 Å². The van der Waals surface area contributed by atoms with Crippen LogP contribution in [0.4, 0.5) is 0 Å². The molecule has 102 valence electrons. The molecular weight excluding hydrogens is 222 g/mol. The minimum absolute atomic E-state index is 0.310. The minimum Gasteiger partial charge on any atom is -0.333 e. The summed E-state index contributed by atoms with van der Waals surface area (Å²) >= 11 is 0. The van der Waals surface area contributed by atoms with Crippen molar-refractivity contribution in [2.24, 2.45) is 11.3 Å². The Morgan fingerprint density at radius 1 is 1.44 bits per heavy atom. The summed E-state index contributed by atoms with van der Waals surface area (Å²) in [4.78, 5) is 4.36. The Kier molecular flexibility index (Phi) is 4.10. The van der Waals surface area contributed by atoms with Crippen molar-refractivity contribution < 1.29 is 0 Å². The standard InChI is InChI=1S/C15H27N3/c1-12(2)15(3,4)10-18-11-16-9-14(18)13-7-5-6-8-17-13/h9,11-13,17H,5-8,10H2,1-4H3. The highest BCUT2D eigenvalue weighted by Crippen LogP contribution is 2.30. The molecule has 3 nitrogen and oxygen atoms in total. The van der Waals surface area contributed by atoms with Crippen LogP contribution in [0, 0.1) is 11.3 Å². The van der Waals surface area contributed by atoms with Crippen LogP contribution in [0.25, 0.3) is 0 Å². The molecule has 0 spiro atoms. The highest BCUT2D eigenvalue weighted by Gasteiger charge is 2.25. The predicted molar refractivity (Wildman–Crippen MR) is 75.4 cm³/mol. The van der Waals surface area contributed by atoms with Gasteiger partial charge in [0.1, 0.15) is 0 Å². The Morgan fingerprint density at radius 3 is 2.83 bits per heavy atom. The Hall–Kier alpha value is -0.830. The summed E-state index contributed by atoms with van der Waals surface area (Å²) in [6, 6.07) is 0.504. The van der Waals surface area contributed by atoms with E-state index in [0.717, 1.165) is 13.1 Å². The number of rotatable bonds is 4. The molecule has 1 saturated heterocycles. The topological polar surface area (TPSA) is 29.9 Å². The summed E-state index contributed by atoms with van der Waals surface area (Å²) < 4.78 is 2.35. The molecule has 1 aromatic heterocycles. The molecule has 0 amide bonds. The van der Waals surface area contributed by atoms with Gasteiger partial charge in [0, 0.05) is 18.8 Å². The summed E-state index contributed by atoms with van der Waals surface area (Å²) in [7, 11) is 0. The van der Waals surface area contributed by atoms with Crippen molar-refractivity contribution in [3.63, 3.8) is 0 Å². The maximum Gasteiger partial charge on any atom is 0.0948 e. The fraction of sp³-hybridized carbons (Fsp3) is 0.800. The summed E-state index contributed by atoms with van der Waals surface area (Å²) in [6.07, 6.45) is 7.92. The number of hydrogen-bond donors (Lipinski definition) is 1. The molecule has 0 radical (unpaired) electrons. The molecule has 1 unspecified atom stereocenters. The Bertz CT molecular complexity index is 373. The van der Waals surface area contributed by atoms with Gasteiger partial charge < -0.3 is 9.88 Å². The first-order valence-corrected chi connectivity index (χ1v) is 7.24. The van der Waals surface area contributed by atoms with E-state index in [1.165, 1.54) is 25.0 Å². The molecule has 18 heavy (non-hydrogen) atoms. The number of piperidine rings is 1. The molecule has 1 aliphatic heterocycles. The second-order valence-electron chi connectivity index (χ2n) is 6.59. The SMILES string of the molecule is CC(C)C(C)(C)Cn1cncc1C1CCCCN1. The largest absolute Gasteiger partial charge is 0.333 e. The van der Waals surface area contributed by atoms with E-state index in [2.05, 4.69) is 42.6 Å². The Labute approximate surface area is 111 Å². The summed E-state index contributed by atoms with van der Waals surface area (Å²) in [6.45, 7) is 11.5. The molecule has 1 aromatic rings. The lowest BCUT2D eigenvalue weighted by Gasteiger charge is -2.32. The second kappa shape index (κ2) is 5.43. The van der Waals surface area contributed by atoms with Gasteiger partial charge in [0.15, 0.2) is 0 Å². The third-order valence-corrected chi connectivity index (χ3v) is 4.55. The van der Waals surface area contributed by atoms with Gasteiger partial charge in [0.25, 0.3) is 0 Å². The van der Waals surface area contributed by atoms with E-state index in [4.69, 9.17) is 0 Å². The Morgan fingerprint density at radius 2 is 2.22 bits per heavy atom. The molecule has 0 bridgehead atoms. The molecule has 1 atom stereocenters. The van der Waals surface area contributed by atoms with Crippen LogP contribution in [0.15, 0.2) is 12.5 Å². The lowest BCUT2D eigenvalue weighted by Crippen LogP contribution is -2.31. The lowest BCUT2D eigenvalue weighted by molar-refractivity contribution is 0.205. The van der Waals surface area contributed by atoms with E-state index < -0.39 is 0 Å². The second-order valence-corrected chi connectivity index (χ2v) is 6.59. The van der Waals surface area contributed by atoms with Gasteiger partial charge in [-0.2, -0.15) is 0 Å². The maximum absolute atomic E-state index is 4.36. The Balaban J connectivity index is 2.12. The van der Waals surface area contributed by atoms with E-state index in [1.54, 1.807) is 0 Å². The highest BCUT2D eigenvalue weighted by atomic mass is 15.1. The molecule has 0 saturated carbocycles. The smallest absolute Gasteiger partial charge is 0.0948 e. The van der Waals surface area contributed by atoms with Crippen LogP contribution in [0.2, 0.25) is 0 Å². The van der Waals surface area contributed by atoms with E-state index in [0.29, 0.717) is 17.4 Å². The van der Waals surface area contributed by atoms with Crippen molar-refractivity contribution in [2.45, 2.75) is 59.5 Å². The van der Waals surface area contributed by atoms with Crippen molar-refractivity contribution >= 4 is 0 Å². The van der Waals surface area contributed by atoms with E-state index in [9.17, 15) is 0 Å². The van der Waals surface area contributed by atoms with E-state index in [-0.39, 0.29) is 0 Å². The van der Waals surface area contributed by atoms with Crippen molar-refractivity contribution in [1.82, 2.24) is 14.9 Å². The van der Waals surface area contributed by atoms with Crippen LogP contribution in [0.1, 0.15) is 58.7 Å². The first-order valence-electron chi connectivity index (χ1n) is 7.24. The normalized spacial score (nSPS) is 21.5. The molecular formula is C15H27N3. The fourth-order valence-electron chi connectivity index (χ4n) is 2.48. The van der Waals surface area contributed by atoms with Crippen LogP contribution in [0.5, 0.6) is 0 Å². The van der Waals surface area contributed by atoms with Gasteiger partial charge in [-0.3, -0.25) is 0 Å². The summed E-state index contributed by atoms with van der Waals surface area (Å²) in [5.41, 5.74) is 1.67. The van der Waals surface area contributed by atoms with Gasteiger partial charge in [-0.1, -0.05) is 34.1 Å². The molecule has 2 heterocycles. The van der Waals surface area contributed by atoms with Crippen LogP contribution in [-0.4, -0.2) is 16.1 Å². The number of aromatic nitrogens is 2. The zero-order chi connectivity index (χ0) is 13.2.